The molecule has 0 bridgehead atoms. The number of halogens is 1. The predicted octanol–water partition coefficient (Wildman–Crippen LogP) is 4.66. The van der Waals surface area contributed by atoms with Crippen LogP contribution >= 0.6 is 27.3 Å². The van der Waals surface area contributed by atoms with Gasteiger partial charge in [0.25, 0.3) is 5.91 Å². The summed E-state index contributed by atoms with van der Waals surface area (Å²) < 4.78 is 8.07. The number of furan rings is 1. The quantitative estimate of drug-likeness (QED) is 0.501. The van der Waals surface area contributed by atoms with Gasteiger partial charge in [-0.15, -0.1) is 11.3 Å². The molecule has 1 aromatic carbocycles. The van der Waals surface area contributed by atoms with Crippen molar-refractivity contribution in [2.24, 2.45) is 0 Å². The number of nitrogens with one attached hydrogen (secondary N) is 1. The number of amides is 1. The fraction of sp³-hybridized carbons (Fsp3) is 0.0556. The van der Waals surface area contributed by atoms with E-state index in [1.54, 1.807) is 34.7 Å². The highest BCUT2D eigenvalue weighted by atomic mass is 79.9. The van der Waals surface area contributed by atoms with Crippen molar-refractivity contribution in [2.75, 3.05) is 5.32 Å². The summed E-state index contributed by atoms with van der Waals surface area (Å²) in [5, 5.41) is 9.53. The van der Waals surface area contributed by atoms with E-state index < -0.39 is 0 Å². The van der Waals surface area contributed by atoms with Gasteiger partial charge in [-0.25, -0.2) is 9.67 Å². The smallest absolute Gasteiger partial charge is 0.276 e. The number of thiazole rings is 1. The molecule has 0 radical (unpaired) electrons. The Labute approximate surface area is 161 Å². The minimum atomic E-state index is -0.281. The molecule has 1 N–H and O–H groups in total. The van der Waals surface area contributed by atoms with Crippen molar-refractivity contribution in [3.05, 3.63) is 76.0 Å². The van der Waals surface area contributed by atoms with Gasteiger partial charge in [0, 0.05) is 15.9 Å². The van der Waals surface area contributed by atoms with Gasteiger partial charge in [0.15, 0.2) is 10.8 Å². The van der Waals surface area contributed by atoms with Crippen molar-refractivity contribution in [3.8, 4) is 10.8 Å². The molecule has 3 aromatic heterocycles. The molecule has 130 valence electrons. The molecule has 0 fully saturated rings. The van der Waals surface area contributed by atoms with Crippen molar-refractivity contribution >= 4 is 39.0 Å². The van der Waals surface area contributed by atoms with Gasteiger partial charge >= 0.3 is 0 Å². The van der Waals surface area contributed by atoms with Crippen molar-refractivity contribution in [1.29, 1.82) is 0 Å². The molecule has 4 rings (SSSR count). The molecular weight excluding hydrogens is 416 g/mol. The fourth-order valence-corrected chi connectivity index (χ4v) is 3.43. The summed E-state index contributed by atoms with van der Waals surface area (Å²) in [7, 11) is 0. The SMILES string of the molecule is O=C(Nc1ccnn1Cc1ccc(Br)cc1)c1csc(-c2ccco2)n1. The van der Waals surface area contributed by atoms with Crippen LogP contribution in [0.25, 0.3) is 10.8 Å². The predicted molar refractivity (Wildman–Crippen MR) is 103 cm³/mol. The molecule has 26 heavy (non-hydrogen) atoms. The van der Waals surface area contributed by atoms with Gasteiger partial charge in [-0.05, 0) is 29.8 Å². The topological polar surface area (TPSA) is 73.0 Å². The Balaban J connectivity index is 1.48. The number of benzene rings is 1. The number of rotatable bonds is 5. The second kappa shape index (κ2) is 7.27. The Bertz CT molecular complexity index is 1020. The van der Waals surface area contributed by atoms with Crippen LogP contribution in [0.15, 0.2) is 69.2 Å². The maximum Gasteiger partial charge on any atom is 0.276 e. The molecule has 0 aliphatic heterocycles. The number of anilines is 1. The zero-order valence-electron chi connectivity index (χ0n) is 13.4. The Kier molecular flexibility index (Phi) is 4.68. The second-order valence-electron chi connectivity index (χ2n) is 5.47. The van der Waals surface area contributed by atoms with Gasteiger partial charge < -0.3 is 9.73 Å². The summed E-state index contributed by atoms with van der Waals surface area (Å²) in [4.78, 5) is 16.8. The highest BCUT2D eigenvalue weighted by Crippen LogP contribution is 2.24. The fourth-order valence-electron chi connectivity index (χ4n) is 2.40. The van der Waals surface area contributed by atoms with E-state index in [2.05, 4.69) is 31.3 Å². The second-order valence-corrected chi connectivity index (χ2v) is 7.24. The third kappa shape index (κ3) is 3.61. The first-order valence-corrected chi connectivity index (χ1v) is 9.43. The van der Waals surface area contributed by atoms with Crippen LogP contribution in [0.1, 0.15) is 16.1 Å². The molecule has 0 saturated heterocycles. The lowest BCUT2D eigenvalue weighted by molar-refractivity contribution is 0.102. The van der Waals surface area contributed by atoms with Crippen LogP contribution in [0.2, 0.25) is 0 Å². The van der Waals surface area contributed by atoms with E-state index in [1.807, 2.05) is 30.3 Å². The Morgan fingerprint density at radius 3 is 2.85 bits per heavy atom. The van der Waals surface area contributed by atoms with E-state index in [1.165, 1.54) is 11.3 Å². The number of hydrogen-bond acceptors (Lipinski definition) is 5. The van der Waals surface area contributed by atoms with E-state index in [4.69, 9.17) is 4.42 Å². The number of nitrogens with zero attached hydrogens (tertiary/aromatic N) is 3. The van der Waals surface area contributed by atoms with Crippen molar-refractivity contribution in [1.82, 2.24) is 14.8 Å². The molecule has 1 amide bonds. The number of aromatic nitrogens is 3. The number of hydrogen-bond donors (Lipinski definition) is 1. The lowest BCUT2D eigenvalue weighted by Gasteiger charge is -2.08. The molecule has 3 heterocycles. The average Bonchev–Trinajstić information content (AvgIpc) is 3.38. The minimum Gasteiger partial charge on any atom is -0.462 e. The molecule has 0 aliphatic carbocycles. The van der Waals surface area contributed by atoms with Gasteiger partial charge in [-0.1, -0.05) is 28.1 Å². The van der Waals surface area contributed by atoms with Crippen LogP contribution in [-0.2, 0) is 6.54 Å². The maximum absolute atomic E-state index is 12.5. The first kappa shape index (κ1) is 16.7. The standard InChI is InChI=1S/C18H13BrN4O2S/c19-13-5-3-12(4-6-13)10-23-16(7-8-20-23)22-17(24)14-11-26-18(21-14)15-2-1-9-25-15/h1-9,11H,10H2,(H,22,24). The summed E-state index contributed by atoms with van der Waals surface area (Å²) >= 11 is 4.78. The third-order valence-electron chi connectivity index (χ3n) is 3.67. The van der Waals surface area contributed by atoms with E-state index in [9.17, 15) is 4.79 Å². The zero-order chi connectivity index (χ0) is 17.9. The maximum atomic E-state index is 12.5. The zero-order valence-corrected chi connectivity index (χ0v) is 15.8. The monoisotopic (exact) mass is 428 g/mol. The van der Waals surface area contributed by atoms with Crippen LogP contribution in [0.5, 0.6) is 0 Å². The number of carbonyl (C=O) groups excluding carboxylic acids is 1. The van der Waals surface area contributed by atoms with Crippen molar-refractivity contribution in [2.45, 2.75) is 6.54 Å². The summed E-state index contributed by atoms with van der Waals surface area (Å²) in [5.74, 6) is 0.983. The lowest BCUT2D eigenvalue weighted by atomic mass is 10.2. The van der Waals surface area contributed by atoms with Gasteiger partial charge in [0.05, 0.1) is 19.0 Å². The average molecular weight is 429 g/mol. The van der Waals surface area contributed by atoms with Crippen LogP contribution < -0.4 is 5.32 Å². The highest BCUT2D eigenvalue weighted by molar-refractivity contribution is 9.10. The number of carbonyl (C=O) groups is 1. The first-order chi connectivity index (χ1) is 12.7. The van der Waals surface area contributed by atoms with Gasteiger partial charge in [-0.3, -0.25) is 4.79 Å². The molecular formula is C18H13BrN4O2S. The van der Waals surface area contributed by atoms with E-state index in [0.717, 1.165) is 10.0 Å². The largest absolute Gasteiger partial charge is 0.462 e. The Morgan fingerprint density at radius 2 is 2.08 bits per heavy atom. The normalized spacial score (nSPS) is 10.8. The molecule has 0 atom stereocenters. The molecule has 0 spiro atoms. The summed E-state index contributed by atoms with van der Waals surface area (Å²) in [6.07, 6.45) is 3.24. The molecule has 8 heteroatoms. The van der Waals surface area contributed by atoms with E-state index >= 15 is 0 Å². The Hall–Kier alpha value is -2.71. The summed E-state index contributed by atoms with van der Waals surface area (Å²) in [6.45, 7) is 0.560. The van der Waals surface area contributed by atoms with Crippen molar-refractivity contribution < 1.29 is 9.21 Å². The van der Waals surface area contributed by atoms with Crippen LogP contribution in [0.4, 0.5) is 5.82 Å². The molecule has 0 saturated carbocycles. The van der Waals surface area contributed by atoms with Gasteiger partial charge in [0.1, 0.15) is 11.5 Å². The molecule has 6 nitrogen and oxygen atoms in total. The van der Waals surface area contributed by atoms with E-state index in [-0.39, 0.29) is 5.91 Å². The van der Waals surface area contributed by atoms with Gasteiger partial charge in [-0.2, -0.15) is 5.10 Å². The third-order valence-corrected chi connectivity index (χ3v) is 5.06. The first-order valence-electron chi connectivity index (χ1n) is 7.76. The Morgan fingerprint density at radius 1 is 1.23 bits per heavy atom. The summed E-state index contributed by atoms with van der Waals surface area (Å²) in [6, 6.07) is 13.3. The highest BCUT2D eigenvalue weighted by Gasteiger charge is 2.15. The lowest BCUT2D eigenvalue weighted by Crippen LogP contribution is -2.16. The molecule has 0 unspecified atom stereocenters. The minimum absolute atomic E-state index is 0.281. The molecule has 4 aromatic rings. The summed E-state index contributed by atoms with van der Waals surface area (Å²) in [5.41, 5.74) is 1.43. The van der Waals surface area contributed by atoms with Gasteiger partial charge in [0.2, 0.25) is 0 Å². The van der Waals surface area contributed by atoms with E-state index in [0.29, 0.717) is 28.8 Å². The van der Waals surface area contributed by atoms with Crippen LogP contribution in [-0.4, -0.2) is 20.7 Å². The molecule has 0 aliphatic rings. The van der Waals surface area contributed by atoms with Crippen LogP contribution in [0, 0.1) is 0 Å². The van der Waals surface area contributed by atoms with Crippen molar-refractivity contribution in [3.63, 3.8) is 0 Å². The van der Waals surface area contributed by atoms with Crippen LogP contribution in [0.3, 0.4) is 0 Å².